The summed E-state index contributed by atoms with van der Waals surface area (Å²) in [4.78, 5) is 17.0. The van der Waals surface area contributed by atoms with Crippen molar-refractivity contribution in [3.63, 3.8) is 0 Å². The van der Waals surface area contributed by atoms with Crippen LogP contribution in [0, 0.1) is 0 Å². The van der Waals surface area contributed by atoms with Crippen molar-refractivity contribution in [2.45, 2.75) is 12.5 Å². The van der Waals surface area contributed by atoms with Gasteiger partial charge in [0.15, 0.2) is 0 Å². The highest BCUT2D eigenvalue weighted by atomic mass is 35.5. The van der Waals surface area contributed by atoms with Gasteiger partial charge in [0, 0.05) is 28.2 Å². The number of carbonyl (C=O) groups excluding carboxylic acids is 1. The molecule has 0 spiro atoms. The monoisotopic (exact) mass is 366 g/mol. The van der Waals surface area contributed by atoms with E-state index in [0.717, 1.165) is 45.8 Å². The predicted molar refractivity (Wildman–Crippen MR) is 104 cm³/mol. The van der Waals surface area contributed by atoms with E-state index in [4.69, 9.17) is 16.3 Å². The standard InChI is InChI=1S/C21H19ClN2O2/c1-2-11-26-16-6-3-14(4-7-16)21-20-17(9-10-24(21)13-25)18-12-15(22)5-8-19(18)23-20/h2-8,12-13,21,23H,1,9-11H2. The fourth-order valence-electron chi connectivity index (χ4n) is 3.65. The molecule has 1 aliphatic rings. The molecule has 0 radical (unpaired) electrons. The summed E-state index contributed by atoms with van der Waals surface area (Å²) in [7, 11) is 0. The van der Waals surface area contributed by atoms with Gasteiger partial charge in [-0.25, -0.2) is 0 Å². The second-order valence-electron chi connectivity index (χ2n) is 6.37. The maximum Gasteiger partial charge on any atom is 0.210 e. The minimum atomic E-state index is -0.143. The van der Waals surface area contributed by atoms with Gasteiger partial charge < -0.3 is 14.6 Å². The first-order valence-corrected chi connectivity index (χ1v) is 8.93. The lowest BCUT2D eigenvalue weighted by Gasteiger charge is -2.33. The van der Waals surface area contributed by atoms with Gasteiger partial charge in [-0.15, -0.1) is 0 Å². The van der Waals surface area contributed by atoms with Crippen molar-refractivity contribution in [2.24, 2.45) is 0 Å². The number of aromatic amines is 1. The third-order valence-electron chi connectivity index (χ3n) is 4.83. The topological polar surface area (TPSA) is 45.3 Å². The lowest BCUT2D eigenvalue weighted by molar-refractivity contribution is -0.120. The van der Waals surface area contributed by atoms with E-state index in [1.165, 1.54) is 5.56 Å². The average molecular weight is 367 g/mol. The van der Waals surface area contributed by atoms with Gasteiger partial charge in [0.25, 0.3) is 0 Å². The normalized spacial score (nSPS) is 16.3. The van der Waals surface area contributed by atoms with Crippen molar-refractivity contribution < 1.29 is 9.53 Å². The van der Waals surface area contributed by atoms with Gasteiger partial charge in [-0.1, -0.05) is 36.4 Å². The van der Waals surface area contributed by atoms with Gasteiger partial charge in [0.05, 0.1) is 6.04 Å². The highest BCUT2D eigenvalue weighted by Gasteiger charge is 2.30. The Bertz CT molecular complexity index is 962. The van der Waals surface area contributed by atoms with E-state index in [0.29, 0.717) is 13.2 Å². The molecular formula is C21H19ClN2O2. The number of aromatic nitrogens is 1. The molecule has 2 heterocycles. The molecule has 5 heteroatoms. The summed E-state index contributed by atoms with van der Waals surface area (Å²) in [6.07, 6.45) is 3.45. The first kappa shape index (κ1) is 16.7. The fraction of sp³-hybridized carbons (Fsp3) is 0.190. The minimum Gasteiger partial charge on any atom is -0.490 e. The first-order valence-electron chi connectivity index (χ1n) is 8.56. The number of benzene rings is 2. The lowest BCUT2D eigenvalue weighted by atomic mass is 9.93. The van der Waals surface area contributed by atoms with Crippen LogP contribution in [0.5, 0.6) is 5.75 Å². The van der Waals surface area contributed by atoms with Crippen LogP contribution < -0.4 is 4.74 Å². The third kappa shape index (κ3) is 2.86. The summed E-state index contributed by atoms with van der Waals surface area (Å²) in [5.74, 6) is 0.783. The molecule has 0 aliphatic carbocycles. The zero-order valence-electron chi connectivity index (χ0n) is 14.2. The van der Waals surface area contributed by atoms with E-state index >= 15 is 0 Å². The molecule has 0 fully saturated rings. The van der Waals surface area contributed by atoms with Gasteiger partial charge >= 0.3 is 0 Å². The number of nitrogens with zero attached hydrogens (tertiary/aromatic N) is 1. The van der Waals surface area contributed by atoms with Crippen LogP contribution in [0.15, 0.2) is 55.1 Å². The molecule has 1 aliphatic heterocycles. The van der Waals surface area contributed by atoms with E-state index < -0.39 is 0 Å². The summed E-state index contributed by atoms with van der Waals surface area (Å²) in [6, 6.07) is 13.6. The number of rotatable bonds is 5. The molecule has 26 heavy (non-hydrogen) atoms. The van der Waals surface area contributed by atoms with E-state index in [1.54, 1.807) is 6.08 Å². The molecule has 0 bridgehead atoms. The third-order valence-corrected chi connectivity index (χ3v) is 5.06. The molecule has 0 saturated heterocycles. The molecule has 4 nitrogen and oxygen atoms in total. The second-order valence-corrected chi connectivity index (χ2v) is 6.81. The molecule has 0 saturated carbocycles. The van der Waals surface area contributed by atoms with Crippen LogP contribution in [-0.2, 0) is 11.2 Å². The Morgan fingerprint density at radius 3 is 2.81 bits per heavy atom. The summed E-state index contributed by atoms with van der Waals surface area (Å²) in [5, 5.41) is 1.85. The number of nitrogens with one attached hydrogen (secondary N) is 1. The van der Waals surface area contributed by atoms with Crippen LogP contribution in [0.25, 0.3) is 10.9 Å². The molecule has 1 unspecified atom stereocenters. The molecular weight excluding hydrogens is 348 g/mol. The van der Waals surface area contributed by atoms with Crippen molar-refractivity contribution in [1.82, 2.24) is 9.88 Å². The van der Waals surface area contributed by atoms with Crippen LogP contribution in [0.1, 0.15) is 22.9 Å². The number of hydrogen-bond acceptors (Lipinski definition) is 2. The Morgan fingerprint density at radius 2 is 2.08 bits per heavy atom. The minimum absolute atomic E-state index is 0.143. The highest BCUT2D eigenvalue weighted by Crippen LogP contribution is 2.38. The van der Waals surface area contributed by atoms with E-state index in [1.807, 2.05) is 47.4 Å². The summed E-state index contributed by atoms with van der Waals surface area (Å²) < 4.78 is 5.56. The van der Waals surface area contributed by atoms with Crippen LogP contribution in [0.4, 0.5) is 0 Å². The van der Waals surface area contributed by atoms with E-state index in [9.17, 15) is 4.79 Å². The van der Waals surface area contributed by atoms with Crippen molar-refractivity contribution in [3.8, 4) is 5.75 Å². The Kier molecular flexibility index (Phi) is 4.43. The molecule has 1 aromatic heterocycles. The summed E-state index contributed by atoms with van der Waals surface area (Å²) in [6.45, 7) is 4.80. The van der Waals surface area contributed by atoms with Gasteiger partial charge in [-0.3, -0.25) is 4.79 Å². The molecule has 3 aromatic rings. The number of amides is 1. The van der Waals surface area contributed by atoms with Crippen LogP contribution in [-0.4, -0.2) is 29.4 Å². The van der Waals surface area contributed by atoms with Crippen molar-refractivity contribution in [3.05, 3.63) is 77.0 Å². The molecule has 1 N–H and O–H groups in total. The summed E-state index contributed by atoms with van der Waals surface area (Å²) in [5.41, 5.74) is 4.38. The summed E-state index contributed by atoms with van der Waals surface area (Å²) >= 11 is 6.19. The Labute approximate surface area is 157 Å². The number of hydrogen-bond donors (Lipinski definition) is 1. The van der Waals surface area contributed by atoms with Crippen molar-refractivity contribution >= 4 is 28.9 Å². The number of halogens is 1. The SMILES string of the molecule is C=CCOc1ccc(C2c3[nH]c4ccc(Cl)cc4c3CCN2C=O)cc1. The van der Waals surface area contributed by atoms with Gasteiger partial charge in [-0.2, -0.15) is 0 Å². The molecule has 4 rings (SSSR count). The lowest BCUT2D eigenvalue weighted by Crippen LogP contribution is -2.34. The van der Waals surface area contributed by atoms with E-state index in [2.05, 4.69) is 11.6 Å². The Hall–Kier alpha value is -2.72. The number of H-pyrrole nitrogens is 1. The van der Waals surface area contributed by atoms with Crippen LogP contribution in [0.2, 0.25) is 5.02 Å². The van der Waals surface area contributed by atoms with Crippen molar-refractivity contribution in [2.75, 3.05) is 13.2 Å². The Balaban J connectivity index is 1.78. The average Bonchev–Trinajstić information content (AvgIpc) is 3.04. The first-order chi connectivity index (χ1) is 12.7. The molecule has 1 atom stereocenters. The van der Waals surface area contributed by atoms with Crippen LogP contribution in [0.3, 0.4) is 0 Å². The largest absolute Gasteiger partial charge is 0.490 e. The van der Waals surface area contributed by atoms with Crippen LogP contribution >= 0.6 is 11.6 Å². The quantitative estimate of drug-likeness (QED) is 0.534. The molecule has 1 amide bonds. The zero-order chi connectivity index (χ0) is 18.1. The van der Waals surface area contributed by atoms with Gasteiger partial charge in [-0.05, 0) is 47.9 Å². The van der Waals surface area contributed by atoms with Gasteiger partial charge in [0.2, 0.25) is 6.41 Å². The maximum atomic E-state index is 11.7. The number of ether oxygens (including phenoxy) is 1. The number of fused-ring (bicyclic) bond motifs is 3. The fourth-order valence-corrected chi connectivity index (χ4v) is 3.82. The molecule has 132 valence electrons. The van der Waals surface area contributed by atoms with Gasteiger partial charge in [0.1, 0.15) is 12.4 Å². The maximum absolute atomic E-state index is 11.7. The predicted octanol–water partition coefficient (Wildman–Crippen LogP) is 4.49. The molecule has 2 aromatic carbocycles. The number of carbonyl (C=O) groups is 1. The highest BCUT2D eigenvalue weighted by molar-refractivity contribution is 6.31. The van der Waals surface area contributed by atoms with E-state index in [-0.39, 0.29) is 6.04 Å². The zero-order valence-corrected chi connectivity index (χ0v) is 15.0. The smallest absolute Gasteiger partial charge is 0.210 e. The second kappa shape index (κ2) is 6.89. The Morgan fingerprint density at radius 1 is 1.27 bits per heavy atom. The van der Waals surface area contributed by atoms with Crippen molar-refractivity contribution in [1.29, 1.82) is 0 Å².